The summed E-state index contributed by atoms with van der Waals surface area (Å²) in [5.41, 5.74) is 2.38. The molecule has 1 aromatic heterocycles. The number of methoxy groups -OCH3 is 1. The molecule has 0 saturated heterocycles. The summed E-state index contributed by atoms with van der Waals surface area (Å²) in [6, 6.07) is 9.46. The van der Waals surface area contributed by atoms with Gasteiger partial charge in [-0.05, 0) is 44.2 Å². The van der Waals surface area contributed by atoms with Gasteiger partial charge >= 0.3 is 5.97 Å². The van der Waals surface area contributed by atoms with Crippen LogP contribution in [0.25, 0.3) is 0 Å². The van der Waals surface area contributed by atoms with E-state index in [-0.39, 0.29) is 5.97 Å². The van der Waals surface area contributed by atoms with Crippen molar-refractivity contribution in [2.24, 2.45) is 4.99 Å². The van der Waals surface area contributed by atoms with Crippen LogP contribution in [0.15, 0.2) is 47.7 Å². The van der Waals surface area contributed by atoms with Gasteiger partial charge in [0.25, 0.3) is 0 Å². The Morgan fingerprint density at radius 2 is 1.95 bits per heavy atom. The number of nitrogens with zero attached hydrogens (tertiary/aromatic N) is 2. The lowest BCUT2D eigenvalue weighted by molar-refractivity contribution is 0.0601. The third-order valence-electron chi connectivity index (χ3n) is 2.98. The molecule has 1 aromatic carbocycles. The summed E-state index contributed by atoms with van der Waals surface area (Å²) >= 11 is 0. The average Bonchev–Trinajstić information content (AvgIpc) is 2.94. The molecule has 1 heterocycles. The van der Waals surface area contributed by atoms with Crippen LogP contribution >= 0.6 is 0 Å². The molecule has 2 rings (SSSR count). The van der Waals surface area contributed by atoms with Gasteiger partial charge in [-0.2, -0.15) is 0 Å². The van der Waals surface area contributed by atoms with Crippen LogP contribution in [-0.2, 0) is 4.74 Å². The van der Waals surface area contributed by atoms with Crippen molar-refractivity contribution >= 4 is 17.9 Å². The predicted octanol–water partition coefficient (Wildman–Crippen LogP) is 3.61. The molecule has 0 fully saturated rings. The molecule has 0 aliphatic carbocycles. The largest absolute Gasteiger partial charge is 0.465 e. The van der Waals surface area contributed by atoms with Gasteiger partial charge in [0, 0.05) is 30.2 Å². The second-order valence-corrected chi connectivity index (χ2v) is 4.78. The Labute approximate surface area is 118 Å². The maximum absolute atomic E-state index is 11.3. The van der Waals surface area contributed by atoms with Crippen LogP contribution < -0.4 is 0 Å². The molecule has 0 spiro atoms. The number of aliphatic imine (C=N–C) groups is 1. The number of hydrogen-bond acceptors (Lipinski definition) is 3. The lowest BCUT2D eigenvalue weighted by Crippen LogP contribution is -1.99. The number of aromatic nitrogens is 1. The quantitative estimate of drug-likeness (QED) is 0.629. The number of esters is 1. The van der Waals surface area contributed by atoms with Crippen molar-refractivity contribution in [1.82, 2.24) is 4.57 Å². The molecular weight excluding hydrogens is 252 g/mol. The zero-order valence-electron chi connectivity index (χ0n) is 11.9. The van der Waals surface area contributed by atoms with Crippen molar-refractivity contribution in [3.05, 3.63) is 53.9 Å². The Hall–Kier alpha value is -2.36. The molecule has 20 heavy (non-hydrogen) atoms. The first-order chi connectivity index (χ1) is 9.60. The van der Waals surface area contributed by atoms with Crippen LogP contribution in [0.4, 0.5) is 5.69 Å². The van der Waals surface area contributed by atoms with Crippen LogP contribution in [0.1, 0.15) is 35.8 Å². The van der Waals surface area contributed by atoms with E-state index in [1.165, 1.54) is 7.11 Å². The minimum atomic E-state index is -0.338. The number of carbonyl (C=O) groups excluding carboxylic acids is 1. The van der Waals surface area contributed by atoms with Crippen molar-refractivity contribution < 1.29 is 9.53 Å². The normalized spacial score (nSPS) is 11.2. The van der Waals surface area contributed by atoms with Gasteiger partial charge in [-0.15, -0.1) is 0 Å². The minimum absolute atomic E-state index is 0.338. The highest BCUT2D eigenvalue weighted by Crippen LogP contribution is 2.14. The van der Waals surface area contributed by atoms with Crippen LogP contribution in [0.2, 0.25) is 0 Å². The van der Waals surface area contributed by atoms with Gasteiger partial charge < -0.3 is 9.30 Å². The monoisotopic (exact) mass is 270 g/mol. The fourth-order valence-corrected chi connectivity index (χ4v) is 1.78. The lowest BCUT2D eigenvalue weighted by Gasteiger charge is -2.04. The first-order valence-electron chi connectivity index (χ1n) is 6.50. The van der Waals surface area contributed by atoms with E-state index in [2.05, 4.69) is 34.3 Å². The highest BCUT2D eigenvalue weighted by atomic mass is 16.5. The van der Waals surface area contributed by atoms with Crippen LogP contribution in [0.3, 0.4) is 0 Å². The van der Waals surface area contributed by atoms with Crippen LogP contribution in [-0.4, -0.2) is 23.9 Å². The molecule has 4 nitrogen and oxygen atoms in total. The van der Waals surface area contributed by atoms with Gasteiger partial charge in [0.2, 0.25) is 0 Å². The molecule has 0 aliphatic heterocycles. The van der Waals surface area contributed by atoms with Crippen molar-refractivity contribution in [2.75, 3.05) is 7.11 Å². The van der Waals surface area contributed by atoms with E-state index < -0.39 is 0 Å². The highest BCUT2D eigenvalue weighted by Gasteiger charge is 2.03. The minimum Gasteiger partial charge on any atom is -0.465 e. The number of ether oxygens (including phenoxy) is 1. The smallest absolute Gasteiger partial charge is 0.337 e. The Kier molecular flexibility index (Phi) is 4.35. The molecule has 104 valence electrons. The third kappa shape index (κ3) is 3.35. The fourth-order valence-electron chi connectivity index (χ4n) is 1.78. The Balaban J connectivity index is 2.08. The molecule has 0 atom stereocenters. The zero-order valence-corrected chi connectivity index (χ0v) is 11.9. The summed E-state index contributed by atoms with van der Waals surface area (Å²) < 4.78 is 6.78. The Morgan fingerprint density at radius 1 is 1.25 bits per heavy atom. The lowest BCUT2D eigenvalue weighted by atomic mass is 10.2. The first kappa shape index (κ1) is 14.1. The maximum Gasteiger partial charge on any atom is 0.337 e. The van der Waals surface area contributed by atoms with Crippen molar-refractivity contribution in [1.29, 1.82) is 0 Å². The number of rotatable bonds is 4. The maximum atomic E-state index is 11.3. The number of hydrogen-bond donors (Lipinski definition) is 0. The van der Waals surface area contributed by atoms with Crippen molar-refractivity contribution in [3.63, 3.8) is 0 Å². The van der Waals surface area contributed by atoms with E-state index in [0.29, 0.717) is 11.6 Å². The van der Waals surface area contributed by atoms with E-state index in [1.807, 2.05) is 18.5 Å². The summed E-state index contributed by atoms with van der Waals surface area (Å²) in [4.78, 5) is 15.7. The molecular formula is C16H18N2O2. The second kappa shape index (κ2) is 6.19. The van der Waals surface area contributed by atoms with Gasteiger partial charge in [-0.1, -0.05) is 0 Å². The first-order valence-corrected chi connectivity index (χ1v) is 6.50. The number of benzene rings is 1. The molecule has 0 aliphatic rings. The van der Waals surface area contributed by atoms with Crippen LogP contribution in [0.5, 0.6) is 0 Å². The molecule has 0 saturated carbocycles. The van der Waals surface area contributed by atoms with Crippen LogP contribution in [0, 0.1) is 0 Å². The summed E-state index contributed by atoms with van der Waals surface area (Å²) in [6.07, 6.45) is 5.90. The van der Waals surface area contributed by atoms with E-state index >= 15 is 0 Å². The zero-order chi connectivity index (χ0) is 14.5. The van der Waals surface area contributed by atoms with Gasteiger partial charge in [0.05, 0.1) is 18.4 Å². The molecule has 2 aromatic rings. The van der Waals surface area contributed by atoms with E-state index in [0.717, 1.165) is 11.3 Å². The second-order valence-electron chi connectivity index (χ2n) is 4.78. The molecule has 0 radical (unpaired) electrons. The Bertz CT molecular complexity index is 610. The topological polar surface area (TPSA) is 43.6 Å². The van der Waals surface area contributed by atoms with Gasteiger partial charge in [0.1, 0.15) is 0 Å². The highest BCUT2D eigenvalue weighted by molar-refractivity contribution is 5.89. The summed E-state index contributed by atoms with van der Waals surface area (Å²) in [5, 5.41) is 0. The summed E-state index contributed by atoms with van der Waals surface area (Å²) in [7, 11) is 1.37. The number of carbonyl (C=O) groups is 1. The summed E-state index contributed by atoms with van der Waals surface area (Å²) in [6.45, 7) is 4.26. The standard InChI is InChI=1S/C16H18N2O2/c1-12(2)18-9-8-13(11-18)10-17-15-6-4-14(5-7-15)16(19)20-3/h4-12H,1-3H3. The molecule has 0 N–H and O–H groups in total. The molecule has 0 amide bonds. The third-order valence-corrected chi connectivity index (χ3v) is 2.98. The predicted molar refractivity (Wildman–Crippen MR) is 79.9 cm³/mol. The fraction of sp³-hybridized carbons (Fsp3) is 0.250. The van der Waals surface area contributed by atoms with Gasteiger partial charge in [0.15, 0.2) is 0 Å². The summed E-state index contributed by atoms with van der Waals surface area (Å²) in [5.74, 6) is -0.338. The SMILES string of the molecule is COC(=O)c1ccc(N=Cc2ccn(C(C)C)c2)cc1. The van der Waals surface area contributed by atoms with Gasteiger partial charge in [-0.25, -0.2) is 4.79 Å². The van der Waals surface area contributed by atoms with E-state index in [9.17, 15) is 4.79 Å². The molecule has 4 heteroatoms. The van der Waals surface area contributed by atoms with E-state index in [1.54, 1.807) is 24.3 Å². The van der Waals surface area contributed by atoms with Crippen molar-refractivity contribution in [3.8, 4) is 0 Å². The Morgan fingerprint density at radius 3 is 2.50 bits per heavy atom. The molecule has 0 bridgehead atoms. The van der Waals surface area contributed by atoms with Gasteiger partial charge in [-0.3, -0.25) is 4.99 Å². The van der Waals surface area contributed by atoms with E-state index in [4.69, 9.17) is 0 Å². The molecule has 0 unspecified atom stereocenters. The van der Waals surface area contributed by atoms with Crippen molar-refractivity contribution in [2.45, 2.75) is 19.9 Å². The average molecular weight is 270 g/mol.